The molecule has 0 aliphatic rings. The number of ketones is 1. The van der Waals surface area contributed by atoms with Gasteiger partial charge in [-0.2, -0.15) is 0 Å². The number of nitrogens with one attached hydrogen (secondary N) is 1. The molecule has 0 aliphatic carbocycles. The minimum absolute atomic E-state index is 0.0168. The monoisotopic (exact) mass is 413 g/mol. The second-order valence-corrected chi connectivity index (χ2v) is 8.73. The van der Waals surface area contributed by atoms with Crippen LogP contribution < -0.4 is 10.1 Å². The van der Waals surface area contributed by atoms with Gasteiger partial charge in [-0.3, -0.25) is 9.59 Å². The number of carbonyl (C=O) groups excluding carboxylic acids is 2. The number of amides is 1. The Morgan fingerprint density at radius 3 is 2.17 bits per heavy atom. The Hall–Kier alpha value is -2.27. The van der Waals surface area contributed by atoms with E-state index in [9.17, 15) is 9.59 Å². The van der Waals surface area contributed by atoms with Gasteiger partial charge in [0.2, 0.25) is 5.91 Å². The van der Waals surface area contributed by atoms with E-state index in [1.807, 2.05) is 6.07 Å². The summed E-state index contributed by atoms with van der Waals surface area (Å²) in [4.78, 5) is 24.3. The van der Waals surface area contributed by atoms with Gasteiger partial charge < -0.3 is 10.1 Å². The molecule has 0 aromatic heterocycles. The van der Waals surface area contributed by atoms with Crippen LogP contribution in [-0.2, 0) is 10.5 Å². The molecule has 2 aromatic rings. The summed E-state index contributed by atoms with van der Waals surface area (Å²) in [6, 6.07) is 11.6. The van der Waals surface area contributed by atoms with Gasteiger partial charge in [0.1, 0.15) is 5.75 Å². The van der Waals surface area contributed by atoms with Gasteiger partial charge in [-0.15, -0.1) is 11.8 Å². The topological polar surface area (TPSA) is 55.4 Å². The predicted molar refractivity (Wildman–Crippen MR) is 122 cm³/mol. The second-order valence-electron chi connectivity index (χ2n) is 7.74. The minimum Gasteiger partial charge on any atom is -0.496 e. The van der Waals surface area contributed by atoms with Gasteiger partial charge in [0.25, 0.3) is 0 Å². The van der Waals surface area contributed by atoms with Gasteiger partial charge in [0.05, 0.1) is 12.9 Å². The molecule has 4 nitrogen and oxygen atoms in total. The molecule has 29 heavy (non-hydrogen) atoms. The van der Waals surface area contributed by atoms with E-state index in [-0.39, 0.29) is 11.7 Å². The summed E-state index contributed by atoms with van der Waals surface area (Å²) in [5.74, 6) is 2.31. The van der Waals surface area contributed by atoms with Crippen LogP contribution in [0.25, 0.3) is 0 Å². The molecule has 1 amide bonds. The lowest BCUT2D eigenvalue weighted by Crippen LogP contribution is -2.17. The summed E-state index contributed by atoms with van der Waals surface area (Å²) >= 11 is 1.51. The first-order valence-corrected chi connectivity index (χ1v) is 11.1. The number of thioether (sulfide) groups is 1. The Kier molecular flexibility index (Phi) is 8.32. The molecule has 5 heteroatoms. The molecule has 2 rings (SSSR count). The van der Waals surface area contributed by atoms with E-state index < -0.39 is 0 Å². The van der Waals surface area contributed by atoms with E-state index in [2.05, 4.69) is 51.2 Å². The third-order valence-corrected chi connectivity index (χ3v) is 5.80. The maximum atomic E-state index is 12.7. The summed E-state index contributed by atoms with van der Waals surface area (Å²) in [7, 11) is 1.61. The van der Waals surface area contributed by atoms with E-state index >= 15 is 0 Å². The van der Waals surface area contributed by atoms with Crippen LogP contribution in [0.5, 0.6) is 5.75 Å². The third kappa shape index (κ3) is 6.10. The van der Waals surface area contributed by atoms with Crippen molar-refractivity contribution >= 4 is 29.1 Å². The minimum atomic E-state index is -0.0216. The first kappa shape index (κ1) is 23.0. The number of carbonyl (C=O) groups is 2. The average molecular weight is 414 g/mol. The summed E-state index contributed by atoms with van der Waals surface area (Å²) in [6.45, 7) is 10.1. The van der Waals surface area contributed by atoms with E-state index in [1.165, 1.54) is 11.8 Å². The van der Waals surface area contributed by atoms with Crippen molar-refractivity contribution < 1.29 is 14.3 Å². The predicted octanol–water partition coefficient (Wildman–Crippen LogP) is 6.02. The molecule has 1 N–H and O–H groups in total. The van der Waals surface area contributed by atoms with Crippen LogP contribution in [0.3, 0.4) is 0 Å². The molecule has 0 unspecified atom stereocenters. The summed E-state index contributed by atoms with van der Waals surface area (Å²) < 4.78 is 5.39. The fourth-order valence-electron chi connectivity index (χ4n) is 3.23. The van der Waals surface area contributed by atoms with Crippen LogP contribution in [-0.4, -0.2) is 24.6 Å². The maximum Gasteiger partial charge on any atom is 0.234 e. The molecule has 0 saturated carbocycles. The van der Waals surface area contributed by atoms with Crippen molar-refractivity contribution in [3.63, 3.8) is 0 Å². The zero-order valence-electron chi connectivity index (χ0n) is 18.2. The van der Waals surface area contributed by atoms with Crippen LogP contribution in [0, 0.1) is 0 Å². The highest BCUT2D eigenvalue weighted by Crippen LogP contribution is 2.32. The zero-order valence-corrected chi connectivity index (χ0v) is 19.0. The number of Topliss-reactive ketones (excluding diaryl/α,β-unsaturated/α-hetero) is 1. The van der Waals surface area contributed by atoms with Crippen LogP contribution in [0.2, 0.25) is 0 Å². The standard InChI is InChI=1S/C24H31NO3S/c1-15(2)20-8-7-9-21(16(3)4)24(20)25-23(27)14-29-13-19-12-18(17(5)26)10-11-22(19)28-6/h7-12,15-16H,13-14H2,1-6H3,(H,25,27). The smallest absolute Gasteiger partial charge is 0.234 e. The SMILES string of the molecule is COc1ccc(C(C)=O)cc1CSCC(=O)Nc1c(C(C)C)cccc1C(C)C. The van der Waals surface area contributed by atoms with Gasteiger partial charge in [0, 0.05) is 22.6 Å². The number of anilines is 1. The summed E-state index contributed by atoms with van der Waals surface area (Å²) in [6.07, 6.45) is 0. The lowest BCUT2D eigenvalue weighted by molar-refractivity contribution is -0.113. The van der Waals surface area contributed by atoms with Crippen molar-refractivity contribution in [2.45, 2.75) is 52.2 Å². The molecule has 0 heterocycles. The maximum absolute atomic E-state index is 12.7. The Balaban J connectivity index is 2.08. The van der Waals surface area contributed by atoms with Crippen molar-refractivity contribution in [3.8, 4) is 5.75 Å². The van der Waals surface area contributed by atoms with Crippen LogP contribution in [0.4, 0.5) is 5.69 Å². The van der Waals surface area contributed by atoms with Gasteiger partial charge in [0.15, 0.2) is 5.78 Å². The zero-order chi connectivity index (χ0) is 21.6. The number of para-hydroxylation sites is 1. The van der Waals surface area contributed by atoms with Gasteiger partial charge in [-0.05, 0) is 48.1 Å². The van der Waals surface area contributed by atoms with E-state index in [0.29, 0.717) is 28.9 Å². The fraction of sp³-hybridized carbons (Fsp3) is 0.417. The highest BCUT2D eigenvalue weighted by Gasteiger charge is 2.16. The molecule has 0 fully saturated rings. The van der Waals surface area contributed by atoms with E-state index in [4.69, 9.17) is 4.74 Å². The third-order valence-electron chi connectivity index (χ3n) is 4.82. The first-order chi connectivity index (χ1) is 13.7. The van der Waals surface area contributed by atoms with Crippen molar-refractivity contribution in [2.24, 2.45) is 0 Å². The van der Waals surface area contributed by atoms with Gasteiger partial charge in [-0.1, -0.05) is 45.9 Å². The first-order valence-electron chi connectivity index (χ1n) is 9.92. The summed E-state index contributed by atoms with van der Waals surface area (Å²) in [5.41, 5.74) is 4.83. The number of hydrogen-bond donors (Lipinski definition) is 1. The molecular formula is C24H31NO3S. The van der Waals surface area contributed by atoms with Crippen LogP contribution >= 0.6 is 11.8 Å². The number of benzene rings is 2. The Morgan fingerprint density at radius 1 is 1.03 bits per heavy atom. The van der Waals surface area contributed by atoms with Crippen molar-refractivity contribution in [1.82, 2.24) is 0 Å². The van der Waals surface area contributed by atoms with Gasteiger partial charge >= 0.3 is 0 Å². The van der Waals surface area contributed by atoms with E-state index in [1.54, 1.807) is 26.2 Å². The number of ether oxygens (including phenoxy) is 1. The summed E-state index contributed by atoms with van der Waals surface area (Å²) in [5, 5.41) is 3.14. The lowest BCUT2D eigenvalue weighted by Gasteiger charge is -2.20. The highest BCUT2D eigenvalue weighted by atomic mass is 32.2. The largest absolute Gasteiger partial charge is 0.496 e. The molecule has 2 aromatic carbocycles. The molecule has 0 aliphatic heterocycles. The number of hydrogen-bond acceptors (Lipinski definition) is 4. The van der Waals surface area contributed by atoms with Crippen LogP contribution in [0.1, 0.15) is 73.5 Å². The Bertz CT molecular complexity index is 848. The second kappa shape index (κ2) is 10.5. The average Bonchev–Trinajstić information content (AvgIpc) is 2.67. The molecule has 0 radical (unpaired) electrons. The van der Waals surface area contributed by atoms with Crippen molar-refractivity contribution in [3.05, 3.63) is 58.7 Å². The molecule has 0 saturated heterocycles. The van der Waals surface area contributed by atoms with Gasteiger partial charge in [-0.25, -0.2) is 0 Å². The number of methoxy groups -OCH3 is 1. The highest BCUT2D eigenvalue weighted by molar-refractivity contribution is 7.99. The molecule has 0 spiro atoms. The van der Waals surface area contributed by atoms with Crippen molar-refractivity contribution in [2.75, 3.05) is 18.2 Å². The quantitative estimate of drug-likeness (QED) is 0.511. The molecule has 0 atom stereocenters. The van der Waals surface area contributed by atoms with E-state index in [0.717, 1.165) is 28.1 Å². The van der Waals surface area contributed by atoms with Crippen molar-refractivity contribution in [1.29, 1.82) is 0 Å². The Morgan fingerprint density at radius 2 is 1.66 bits per heavy atom. The normalized spacial score (nSPS) is 11.0. The number of rotatable bonds is 9. The molecule has 156 valence electrons. The molecule has 0 bridgehead atoms. The fourth-order valence-corrected chi connectivity index (χ4v) is 4.04. The van der Waals surface area contributed by atoms with Crippen LogP contribution in [0.15, 0.2) is 36.4 Å². The Labute approximate surface area is 178 Å². The molecular weight excluding hydrogens is 382 g/mol. The lowest BCUT2D eigenvalue weighted by atomic mass is 9.92.